The summed E-state index contributed by atoms with van der Waals surface area (Å²) >= 11 is 0. The van der Waals surface area contributed by atoms with E-state index in [9.17, 15) is 9.59 Å². The average molecular weight is 235 g/mol. The second-order valence-electron chi connectivity index (χ2n) is 4.38. The van der Waals surface area contributed by atoms with Gasteiger partial charge in [-0.1, -0.05) is 0 Å². The molecule has 0 unspecified atom stereocenters. The van der Waals surface area contributed by atoms with Gasteiger partial charge in [0.2, 0.25) is 12.3 Å². The second-order valence-corrected chi connectivity index (χ2v) is 4.38. The molecule has 0 aliphatic carbocycles. The molecule has 0 aromatic carbocycles. The van der Waals surface area contributed by atoms with Gasteiger partial charge in [0, 0.05) is 45.6 Å². The molecular weight excluding hydrogens is 218 g/mol. The predicted octanol–water partition coefficient (Wildman–Crippen LogP) is -0.132. The molecule has 0 bridgehead atoms. The third-order valence-electron chi connectivity index (χ3n) is 3.06. The van der Waals surface area contributed by atoms with Crippen molar-refractivity contribution in [2.24, 2.45) is 7.05 Å². The summed E-state index contributed by atoms with van der Waals surface area (Å²) in [4.78, 5) is 26.1. The van der Waals surface area contributed by atoms with Crippen molar-refractivity contribution in [2.75, 3.05) is 26.2 Å². The van der Waals surface area contributed by atoms with Gasteiger partial charge in [0.25, 0.3) is 0 Å². The second kappa shape index (κ2) is 5.03. The first-order chi connectivity index (χ1) is 8.19. The standard InChI is InChI=1S/C12H17N3O2/c1-13-3-2-11(9-13)8-12(17)15-6-4-14(10-16)5-7-15/h2-3,9-10H,4-8H2,1H3. The topological polar surface area (TPSA) is 45.6 Å². The van der Waals surface area contributed by atoms with Crippen LogP contribution in [0.25, 0.3) is 0 Å². The Bertz CT molecular complexity index is 406. The first-order valence-corrected chi connectivity index (χ1v) is 5.77. The van der Waals surface area contributed by atoms with Gasteiger partial charge in [-0.3, -0.25) is 9.59 Å². The van der Waals surface area contributed by atoms with Crippen molar-refractivity contribution in [3.8, 4) is 0 Å². The molecule has 2 rings (SSSR count). The molecule has 2 amide bonds. The van der Waals surface area contributed by atoms with E-state index in [1.54, 1.807) is 4.90 Å². The zero-order valence-corrected chi connectivity index (χ0v) is 10.0. The van der Waals surface area contributed by atoms with E-state index in [1.165, 1.54) is 0 Å². The number of carbonyl (C=O) groups excluding carboxylic acids is 2. The van der Waals surface area contributed by atoms with Gasteiger partial charge in [-0.2, -0.15) is 0 Å². The van der Waals surface area contributed by atoms with Gasteiger partial charge in [0.15, 0.2) is 0 Å². The normalized spacial score (nSPS) is 16.1. The fraction of sp³-hybridized carbons (Fsp3) is 0.500. The SMILES string of the molecule is Cn1ccc(CC(=O)N2CCN(C=O)CC2)c1. The first kappa shape index (κ1) is 11.7. The van der Waals surface area contributed by atoms with Crippen LogP contribution >= 0.6 is 0 Å². The van der Waals surface area contributed by atoms with E-state index in [0.29, 0.717) is 32.6 Å². The monoisotopic (exact) mass is 235 g/mol. The summed E-state index contributed by atoms with van der Waals surface area (Å²) < 4.78 is 1.94. The number of carbonyl (C=O) groups is 2. The quantitative estimate of drug-likeness (QED) is 0.685. The Morgan fingerprint density at radius 1 is 1.35 bits per heavy atom. The molecule has 5 nitrogen and oxygen atoms in total. The smallest absolute Gasteiger partial charge is 0.227 e. The van der Waals surface area contributed by atoms with Crippen LogP contribution in [0.15, 0.2) is 18.5 Å². The number of hydrogen-bond donors (Lipinski definition) is 0. The van der Waals surface area contributed by atoms with Gasteiger partial charge in [0.1, 0.15) is 0 Å². The summed E-state index contributed by atoms with van der Waals surface area (Å²) in [5.41, 5.74) is 1.04. The van der Waals surface area contributed by atoms with Crippen LogP contribution in [-0.2, 0) is 23.1 Å². The Labute approximate surface area is 101 Å². The van der Waals surface area contributed by atoms with Crippen molar-refractivity contribution in [1.82, 2.24) is 14.4 Å². The van der Waals surface area contributed by atoms with Gasteiger partial charge in [-0.05, 0) is 11.6 Å². The minimum absolute atomic E-state index is 0.141. The lowest BCUT2D eigenvalue weighted by molar-refractivity contribution is -0.134. The van der Waals surface area contributed by atoms with Gasteiger partial charge in [-0.15, -0.1) is 0 Å². The number of nitrogens with zero attached hydrogens (tertiary/aromatic N) is 3. The van der Waals surface area contributed by atoms with E-state index in [4.69, 9.17) is 0 Å². The van der Waals surface area contributed by atoms with Crippen LogP contribution in [0.4, 0.5) is 0 Å². The summed E-state index contributed by atoms with van der Waals surface area (Å²) in [6.45, 7) is 2.57. The Balaban J connectivity index is 1.87. The van der Waals surface area contributed by atoms with Gasteiger partial charge >= 0.3 is 0 Å². The van der Waals surface area contributed by atoms with Crippen molar-refractivity contribution >= 4 is 12.3 Å². The number of amides is 2. The summed E-state index contributed by atoms with van der Waals surface area (Å²) in [6.07, 6.45) is 5.19. The van der Waals surface area contributed by atoms with Crippen molar-refractivity contribution in [1.29, 1.82) is 0 Å². The fourth-order valence-corrected chi connectivity index (χ4v) is 2.03. The molecule has 5 heteroatoms. The molecule has 0 spiro atoms. The van der Waals surface area contributed by atoms with Gasteiger partial charge in [0.05, 0.1) is 6.42 Å². The van der Waals surface area contributed by atoms with E-state index in [0.717, 1.165) is 12.0 Å². The highest BCUT2D eigenvalue weighted by Crippen LogP contribution is 2.06. The molecule has 1 aromatic heterocycles. The molecule has 0 radical (unpaired) electrons. The van der Waals surface area contributed by atoms with E-state index < -0.39 is 0 Å². The molecule has 1 aliphatic rings. The van der Waals surface area contributed by atoms with Crippen LogP contribution in [0, 0.1) is 0 Å². The summed E-state index contributed by atoms with van der Waals surface area (Å²) in [5.74, 6) is 0.141. The number of piperazine rings is 1. The third-order valence-corrected chi connectivity index (χ3v) is 3.06. The van der Waals surface area contributed by atoms with Crippen LogP contribution in [-0.4, -0.2) is 52.9 Å². The zero-order chi connectivity index (χ0) is 12.3. The molecule has 2 heterocycles. The fourth-order valence-electron chi connectivity index (χ4n) is 2.03. The average Bonchev–Trinajstić information content (AvgIpc) is 2.75. The maximum atomic E-state index is 12.0. The van der Waals surface area contributed by atoms with Crippen LogP contribution in [0.5, 0.6) is 0 Å². The number of rotatable bonds is 3. The van der Waals surface area contributed by atoms with Crippen LogP contribution < -0.4 is 0 Å². The lowest BCUT2D eigenvalue weighted by Crippen LogP contribution is -2.48. The molecule has 1 aliphatic heterocycles. The van der Waals surface area contributed by atoms with Crippen LogP contribution in [0.1, 0.15) is 5.56 Å². The lowest BCUT2D eigenvalue weighted by atomic mass is 10.2. The van der Waals surface area contributed by atoms with Crippen LogP contribution in [0.3, 0.4) is 0 Å². The molecule has 92 valence electrons. The predicted molar refractivity (Wildman–Crippen MR) is 63.3 cm³/mol. The zero-order valence-electron chi connectivity index (χ0n) is 10.0. The molecule has 0 saturated carbocycles. The highest BCUT2D eigenvalue weighted by molar-refractivity contribution is 5.79. The molecule has 0 atom stereocenters. The van der Waals surface area contributed by atoms with Gasteiger partial charge in [-0.25, -0.2) is 0 Å². The minimum atomic E-state index is 0.141. The van der Waals surface area contributed by atoms with Gasteiger partial charge < -0.3 is 14.4 Å². The molecule has 1 fully saturated rings. The van der Waals surface area contributed by atoms with Crippen LogP contribution in [0.2, 0.25) is 0 Å². The summed E-state index contributed by atoms with van der Waals surface area (Å²) in [5, 5.41) is 0. The highest BCUT2D eigenvalue weighted by Gasteiger charge is 2.20. The number of hydrogen-bond acceptors (Lipinski definition) is 2. The minimum Gasteiger partial charge on any atom is -0.357 e. The molecule has 1 saturated heterocycles. The lowest BCUT2D eigenvalue weighted by Gasteiger charge is -2.32. The summed E-state index contributed by atoms with van der Waals surface area (Å²) in [7, 11) is 1.94. The molecule has 17 heavy (non-hydrogen) atoms. The number of aryl methyl sites for hydroxylation is 1. The molecular formula is C12H17N3O2. The van der Waals surface area contributed by atoms with Crippen molar-refractivity contribution in [3.63, 3.8) is 0 Å². The third kappa shape index (κ3) is 2.87. The molecule has 0 N–H and O–H groups in total. The largest absolute Gasteiger partial charge is 0.357 e. The maximum absolute atomic E-state index is 12.0. The van der Waals surface area contributed by atoms with E-state index in [2.05, 4.69) is 0 Å². The summed E-state index contributed by atoms with van der Waals surface area (Å²) in [6, 6.07) is 1.96. The van der Waals surface area contributed by atoms with E-state index in [1.807, 2.05) is 35.0 Å². The Morgan fingerprint density at radius 2 is 2.06 bits per heavy atom. The number of aromatic nitrogens is 1. The molecule has 1 aromatic rings. The Morgan fingerprint density at radius 3 is 2.59 bits per heavy atom. The van der Waals surface area contributed by atoms with Crippen molar-refractivity contribution in [3.05, 3.63) is 24.0 Å². The van der Waals surface area contributed by atoms with Crippen molar-refractivity contribution in [2.45, 2.75) is 6.42 Å². The Hall–Kier alpha value is -1.78. The first-order valence-electron chi connectivity index (χ1n) is 5.77. The highest BCUT2D eigenvalue weighted by atomic mass is 16.2. The van der Waals surface area contributed by atoms with Crippen molar-refractivity contribution < 1.29 is 9.59 Å². The van der Waals surface area contributed by atoms with E-state index >= 15 is 0 Å². The maximum Gasteiger partial charge on any atom is 0.227 e. The van der Waals surface area contributed by atoms with E-state index in [-0.39, 0.29) is 5.91 Å². The Kier molecular flexibility index (Phi) is 3.46.